The van der Waals surface area contributed by atoms with Gasteiger partial charge in [-0.3, -0.25) is 20.4 Å². The lowest BCUT2D eigenvalue weighted by Crippen LogP contribution is -2.50. The third kappa shape index (κ3) is 5.04. The van der Waals surface area contributed by atoms with Gasteiger partial charge in [-0.2, -0.15) is 4.31 Å². The van der Waals surface area contributed by atoms with Crippen LogP contribution in [-0.4, -0.2) is 37.6 Å². The highest BCUT2D eigenvalue weighted by Crippen LogP contribution is 2.24. The van der Waals surface area contributed by atoms with Gasteiger partial charge in [0.2, 0.25) is 15.9 Å². The minimum atomic E-state index is -3.68. The monoisotopic (exact) mass is 479 g/mol. The number of nitrogens with one attached hydrogen (secondary N) is 2. The van der Waals surface area contributed by atoms with E-state index in [0.29, 0.717) is 24.9 Å². The van der Waals surface area contributed by atoms with Crippen LogP contribution in [0.5, 0.6) is 0 Å². The highest BCUT2D eigenvalue weighted by molar-refractivity contribution is 9.10. The fourth-order valence-corrected chi connectivity index (χ4v) is 5.03. The number of halogens is 1. The largest absolute Gasteiger partial charge is 0.273 e. The molecular formula is C20H22BrN3O4S. The first-order chi connectivity index (χ1) is 13.8. The molecule has 1 fully saturated rings. The standard InChI is InChI=1S/C20H22BrN3O4S/c1-14-5-2-3-7-18(14)20(26)23-22-19(25)15-6-4-12-24(13-15)29(27,28)17-10-8-16(21)9-11-17/h2-3,5,7-11,15H,4,6,12-13H2,1H3,(H,22,25)(H,23,26). The average Bonchev–Trinajstić information content (AvgIpc) is 2.72. The van der Waals surface area contributed by atoms with Crippen LogP contribution in [0.2, 0.25) is 0 Å². The van der Waals surface area contributed by atoms with Crippen molar-refractivity contribution in [2.75, 3.05) is 13.1 Å². The summed E-state index contributed by atoms with van der Waals surface area (Å²) in [7, 11) is -3.68. The third-order valence-electron chi connectivity index (χ3n) is 4.90. The average molecular weight is 480 g/mol. The van der Waals surface area contributed by atoms with Gasteiger partial charge in [0.25, 0.3) is 5.91 Å². The van der Waals surface area contributed by atoms with Crippen LogP contribution in [0.3, 0.4) is 0 Å². The van der Waals surface area contributed by atoms with E-state index in [1.54, 1.807) is 24.3 Å². The van der Waals surface area contributed by atoms with Crippen LogP contribution in [0.15, 0.2) is 57.9 Å². The van der Waals surface area contributed by atoms with Crippen molar-refractivity contribution >= 4 is 37.8 Å². The van der Waals surface area contributed by atoms with Crippen molar-refractivity contribution in [2.24, 2.45) is 5.92 Å². The lowest BCUT2D eigenvalue weighted by Gasteiger charge is -2.31. The number of hydrazine groups is 1. The minimum absolute atomic E-state index is 0.0739. The van der Waals surface area contributed by atoms with Gasteiger partial charge in [0.15, 0.2) is 0 Å². The normalized spacial score (nSPS) is 17.5. The van der Waals surface area contributed by atoms with Crippen LogP contribution >= 0.6 is 15.9 Å². The Kier molecular flexibility index (Phi) is 6.71. The number of benzene rings is 2. The second-order valence-corrected chi connectivity index (χ2v) is 9.77. The molecule has 3 rings (SSSR count). The Bertz CT molecular complexity index is 1010. The maximum Gasteiger partial charge on any atom is 0.269 e. The smallest absolute Gasteiger partial charge is 0.269 e. The zero-order valence-corrected chi connectivity index (χ0v) is 18.3. The second kappa shape index (κ2) is 9.06. The predicted molar refractivity (Wildman–Crippen MR) is 112 cm³/mol. The van der Waals surface area contributed by atoms with E-state index in [4.69, 9.17) is 0 Å². The van der Waals surface area contributed by atoms with E-state index in [-0.39, 0.29) is 11.4 Å². The Morgan fingerprint density at radius 3 is 2.45 bits per heavy atom. The maximum absolute atomic E-state index is 12.9. The lowest BCUT2D eigenvalue weighted by atomic mass is 9.99. The van der Waals surface area contributed by atoms with E-state index >= 15 is 0 Å². The van der Waals surface area contributed by atoms with Gasteiger partial charge in [0, 0.05) is 23.1 Å². The van der Waals surface area contributed by atoms with Gasteiger partial charge >= 0.3 is 0 Å². The first kappa shape index (κ1) is 21.5. The Balaban J connectivity index is 1.63. The summed E-state index contributed by atoms with van der Waals surface area (Å²) >= 11 is 3.29. The molecule has 0 radical (unpaired) electrons. The van der Waals surface area contributed by atoms with Crippen LogP contribution < -0.4 is 10.9 Å². The Hall–Kier alpha value is -2.23. The van der Waals surface area contributed by atoms with E-state index in [1.807, 2.05) is 19.1 Å². The Morgan fingerprint density at radius 1 is 1.07 bits per heavy atom. The highest BCUT2D eigenvalue weighted by atomic mass is 79.9. The van der Waals surface area contributed by atoms with Crippen LogP contribution in [-0.2, 0) is 14.8 Å². The number of piperidine rings is 1. The van der Waals surface area contributed by atoms with Crippen molar-refractivity contribution in [3.05, 3.63) is 64.1 Å². The van der Waals surface area contributed by atoms with Gasteiger partial charge < -0.3 is 0 Å². The quantitative estimate of drug-likeness (QED) is 0.658. The molecule has 1 atom stereocenters. The molecule has 1 aliphatic heterocycles. The molecule has 7 nitrogen and oxygen atoms in total. The Labute approximate surface area is 178 Å². The van der Waals surface area contributed by atoms with Crippen LogP contribution in [0, 0.1) is 12.8 Å². The molecule has 2 aromatic carbocycles. The SMILES string of the molecule is Cc1ccccc1C(=O)NNC(=O)C1CCCN(S(=O)(=O)c2ccc(Br)cc2)C1. The fraction of sp³-hybridized carbons (Fsp3) is 0.300. The topological polar surface area (TPSA) is 95.6 Å². The molecule has 0 aliphatic carbocycles. The third-order valence-corrected chi connectivity index (χ3v) is 7.30. The first-order valence-electron chi connectivity index (χ1n) is 9.20. The number of carbonyl (C=O) groups is 2. The summed E-state index contributed by atoms with van der Waals surface area (Å²) in [6, 6.07) is 13.5. The molecule has 1 aliphatic rings. The number of hydrogen-bond acceptors (Lipinski definition) is 4. The van der Waals surface area contributed by atoms with Crippen molar-refractivity contribution in [1.29, 1.82) is 0 Å². The number of nitrogens with zero attached hydrogens (tertiary/aromatic N) is 1. The van der Waals surface area contributed by atoms with Gasteiger partial charge in [-0.25, -0.2) is 8.42 Å². The van der Waals surface area contributed by atoms with Crippen LogP contribution in [0.4, 0.5) is 0 Å². The molecule has 0 spiro atoms. The molecular weight excluding hydrogens is 458 g/mol. The van der Waals surface area contributed by atoms with Gasteiger partial charge in [0.1, 0.15) is 0 Å². The summed E-state index contributed by atoms with van der Waals surface area (Å²) in [5.41, 5.74) is 6.11. The molecule has 2 N–H and O–H groups in total. The van der Waals surface area contributed by atoms with E-state index in [2.05, 4.69) is 26.8 Å². The van der Waals surface area contributed by atoms with Crippen LogP contribution in [0.25, 0.3) is 0 Å². The molecule has 1 heterocycles. The number of rotatable bonds is 4. The second-order valence-electron chi connectivity index (χ2n) is 6.91. The molecule has 1 unspecified atom stereocenters. The minimum Gasteiger partial charge on any atom is -0.273 e. The highest BCUT2D eigenvalue weighted by Gasteiger charge is 2.33. The number of amides is 2. The fourth-order valence-electron chi connectivity index (χ4n) is 3.25. The Morgan fingerprint density at radius 2 is 1.76 bits per heavy atom. The number of sulfonamides is 1. The summed E-state index contributed by atoms with van der Waals surface area (Å²) in [6.45, 7) is 2.24. The van der Waals surface area contributed by atoms with Gasteiger partial charge in [0.05, 0.1) is 10.8 Å². The number of aryl methyl sites for hydroxylation is 1. The molecule has 0 saturated carbocycles. The number of hydrogen-bond donors (Lipinski definition) is 2. The first-order valence-corrected chi connectivity index (χ1v) is 11.4. The predicted octanol–water partition coefficient (Wildman–Crippen LogP) is 2.62. The van der Waals surface area contributed by atoms with E-state index in [0.717, 1.165) is 10.0 Å². The molecule has 0 bridgehead atoms. The molecule has 1 saturated heterocycles. The molecule has 2 aromatic rings. The van der Waals surface area contributed by atoms with Crippen molar-refractivity contribution in [1.82, 2.24) is 15.2 Å². The van der Waals surface area contributed by atoms with Gasteiger partial charge in [-0.15, -0.1) is 0 Å². The molecule has 0 aromatic heterocycles. The van der Waals surface area contributed by atoms with Crippen molar-refractivity contribution in [3.63, 3.8) is 0 Å². The van der Waals surface area contributed by atoms with Crippen molar-refractivity contribution < 1.29 is 18.0 Å². The lowest BCUT2D eigenvalue weighted by molar-refractivity contribution is -0.126. The van der Waals surface area contributed by atoms with Gasteiger partial charge in [-0.05, 0) is 55.7 Å². The summed E-state index contributed by atoms with van der Waals surface area (Å²) in [5, 5.41) is 0. The van der Waals surface area contributed by atoms with Crippen molar-refractivity contribution in [3.8, 4) is 0 Å². The van der Waals surface area contributed by atoms with Crippen molar-refractivity contribution in [2.45, 2.75) is 24.7 Å². The molecule has 154 valence electrons. The number of carbonyl (C=O) groups excluding carboxylic acids is 2. The maximum atomic E-state index is 12.9. The summed E-state index contributed by atoms with van der Waals surface area (Å²) in [5.74, 6) is -1.35. The van der Waals surface area contributed by atoms with E-state index in [1.165, 1.54) is 16.4 Å². The van der Waals surface area contributed by atoms with Crippen LogP contribution in [0.1, 0.15) is 28.8 Å². The summed E-state index contributed by atoms with van der Waals surface area (Å²) in [4.78, 5) is 25.0. The zero-order chi connectivity index (χ0) is 21.0. The molecule has 2 amide bonds. The summed E-state index contributed by atoms with van der Waals surface area (Å²) in [6.07, 6.45) is 1.12. The van der Waals surface area contributed by atoms with Gasteiger partial charge in [-0.1, -0.05) is 34.1 Å². The molecule has 29 heavy (non-hydrogen) atoms. The summed E-state index contributed by atoms with van der Waals surface area (Å²) < 4.78 is 27.8. The van der Waals surface area contributed by atoms with E-state index in [9.17, 15) is 18.0 Å². The van der Waals surface area contributed by atoms with E-state index < -0.39 is 27.8 Å². The molecule has 9 heteroatoms. The zero-order valence-electron chi connectivity index (χ0n) is 15.9.